The Kier molecular flexibility index (Phi) is 9.88. The van der Waals surface area contributed by atoms with Crippen LogP contribution in [0.3, 0.4) is 0 Å². The first-order valence-corrected chi connectivity index (χ1v) is 9.58. The highest BCUT2D eigenvalue weighted by Gasteiger charge is 2.30. The van der Waals surface area contributed by atoms with Crippen LogP contribution >= 0.6 is 24.0 Å². The lowest BCUT2D eigenvalue weighted by Gasteiger charge is -2.23. The predicted octanol–water partition coefficient (Wildman–Crippen LogP) is 1.36. The quantitative estimate of drug-likeness (QED) is 0.276. The van der Waals surface area contributed by atoms with Crippen LogP contribution in [0, 0.1) is 5.41 Å². The molecule has 1 rings (SSSR count). The van der Waals surface area contributed by atoms with Crippen molar-refractivity contribution in [3.63, 3.8) is 0 Å². The van der Waals surface area contributed by atoms with Gasteiger partial charge in [0.2, 0.25) is 0 Å². The normalized spacial score (nSPS) is 18.2. The molecule has 1 heterocycles. The largest absolute Gasteiger partial charge is 0.378 e. The van der Waals surface area contributed by atoms with Crippen LogP contribution in [-0.4, -0.2) is 70.7 Å². The fourth-order valence-electron chi connectivity index (χ4n) is 2.25. The first-order valence-electron chi connectivity index (χ1n) is 7.52. The van der Waals surface area contributed by atoms with E-state index in [-0.39, 0.29) is 36.3 Å². The molecule has 0 radical (unpaired) electrons. The van der Waals surface area contributed by atoms with Crippen LogP contribution in [0.5, 0.6) is 0 Å². The topological polar surface area (TPSA) is 71.0 Å². The molecule has 1 N–H and O–H groups in total. The second kappa shape index (κ2) is 9.92. The fourth-order valence-corrected chi connectivity index (χ4v) is 2.67. The maximum absolute atomic E-state index is 11.0. The average molecular weight is 447 g/mol. The summed E-state index contributed by atoms with van der Waals surface area (Å²) in [7, 11) is -2.94. The Morgan fingerprint density at radius 1 is 1.36 bits per heavy atom. The predicted molar refractivity (Wildman–Crippen MR) is 102 cm³/mol. The van der Waals surface area contributed by atoms with Crippen molar-refractivity contribution in [3.8, 4) is 0 Å². The Labute approximate surface area is 152 Å². The zero-order valence-corrected chi connectivity index (χ0v) is 17.2. The lowest BCUT2D eigenvalue weighted by Crippen LogP contribution is -2.41. The number of nitrogens with zero attached hydrogens (tertiary/aromatic N) is 2. The number of nitrogens with one attached hydrogen (secondary N) is 1. The second-order valence-electron chi connectivity index (χ2n) is 6.31. The molecule has 0 unspecified atom stereocenters. The monoisotopic (exact) mass is 447 g/mol. The van der Waals surface area contributed by atoms with E-state index in [4.69, 9.17) is 4.74 Å². The van der Waals surface area contributed by atoms with E-state index >= 15 is 0 Å². The number of likely N-dealkylation sites (tertiary alicyclic amines) is 1. The number of aliphatic imine (C=N–C) groups is 1. The third-order valence-corrected chi connectivity index (χ3v) is 4.32. The molecule has 0 aromatic rings. The van der Waals surface area contributed by atoms with Gasteiger partial charge in [-0.05, 0) is 18.8 Å². The summed E-state index contributed by atoms with van der Waals surface area (Å²) >= 11 is 0. The zero-order chi connectivity index (χ0) is 15.9. The van der Waals surface area contributed by atoms with Gasteiger partial charge in [-0.3, -0.25) is 4.99 Å². The van der Waals surface area contributed by atoms with Gasteiger partial charge in [-0.2, -0.15) is 0 Å². The van der Waals surface area contributed by atoms with Crippen LogP contribution in [0.2, 0.25) is 0 Å². The highest BCUT2D eigenvalue weighted by molar-refractivity contribution is 14.0. The zero-order valence-electron chi connectivity index (χ0n) is 14.1. The van der Waals surface area contributed by atoms with E-state index in [1.165, 1.54) is 12.7 Å². The first-order chi connectivity index (χ1) is 9.73. The first kappa shape index (κ1) is 21.9. The fraction of sp³-hybridized carbons (Fsp3) is 0.929. The molecular weight excluding hydrogens is 417 g/mol. The highest BCUT2D eigenvalue weighted by atomic mass is 127. The molecule has 1 fully saturated rings. The number of rotatable bonds is 7. The van der Waals surface area contributed by atoms with Gasteiger partial charge in [0.1, 0.15) is 9.84 Å². The number of hydrogen-bond donors (Lipinski definition) is 1. The minimum Gasteiger partial charge on any atom is -0.378 e. The molecule has 6 nitrogen and oxygen atoms in total. The molecule has 0 amide bonds. The second-order valence-corrected chi connectivity index (χ2v) is 8.57. The van der Waals surface area contributed by atoms with E-state index in [0.29, 0.717) is 18.6 Å². The van der Waals surface area contributed by atoms with E-state index in [2.05, 4.69) is 36.0 Å². The third kappa shape index (κ3) is 9.14. The standard InChI is InChI=1S/C14H29N3O3S.HI/c1-5-15-13(17-8-6-14(2,3)12-17)16-7-9-20-10-11-21(4,18)19;/h5-12H2,1-4H3,(H,15,16);1H. The molecule has 0 spiro atoms. The molecule has 1 aliphatic rings. The summed E-state index contributed by atoms with van der Waals surface area (Å²) < 4.78 is 27.2. The van der Waals surface area contributed by atoms with E-state index in [1.54, 1.807) is 0 Å². The Hall–Kier alpha value is -0.0900. The van der Waals surface area contributed by atoms with Gasteiger partial charge in [-0.1, -0.05) is 13.8 Å². The van der Waals surface area contributed by atoms with Crippen LogP contribution in [0.1, 0.15) is 27.2 Å². The van der Waals surface area contributed by atoms with Crippen molar-refractivity contribution in [2.45, 2.75) is 27.2 Å². The summed E-state index contributed by atoms with van der Waals surface area (Å²) in [6.45, 7) is 10.7. The van der Waals surface area contributed by atoms with Crippen LogP contribution in [0.4, 0.5) is 0 Å². The van der Waals surface area contributed by atoms with E-state index in [1.807, 2.05) is 0 Å². The summed E-state index contributed by atoms with van der Waals surface area (Å²) in [5.41, 5.74) is 0.335. The molecule has 8 heteroatoms. The van der Waals surface area contributed by atoms with Crippen LogP contribution in [0.15, 0.2) is 4.99 Å². The number of halogens is 1. The van der Waals surface area contributed by atoms with E-state index in [0.717, 1.165) is 25.6 Å². The molecule has 0 saturated carbocycles. The minimum atomic E-state index is -2.94. The summed E-state index contributed by atoms with van der Waals surface area (Å²) in [6, 6.07) is 0. The molecular formula is C14H30IN3O3S. The SMILES string of the molecule is CCNC(=NCCOCCS(C)(=O)=O)N1CCC(C)(C)C1.I. The van der Waals surface area contributed by atoms with E-state index in [9.17, 15) is 8.42 Å². The Morgan fingerprint density at radius 2 is 2.05 bits per heavy atom. The van der Waals surface area contributed by atoms with Gasteiger partial charge in [0.05, 0.1) is 25.5 Å². The Morgan fingerprint density at radius 3 is 2.55 bits per heavy atom. The molecule has 0 aromatic carbocycles. The van der Waals surface area contributed by atoms with Crippen molar-refractivity contribution in [3.05, 3.63) is 0 Å². The van der Waals surface area contributed by atoms with Crippen molar-refractivity contribution < 1.29 is 13.2 Å². The van der Waals surface area contributed by atoms with Crippen LogP contribution in [-0.2, 0) is 14.6 Å². The van der Waals surface area contributed by atoms with Gasteiger partial charge < -0.3 is 15.0 Å². The molecule has 132 valence electrons. The molecule has 1 saturated heterocycles. The van der Waals surface area contributed by atoms with Gasteiger partial charge in [-0.25, -0.2) is 8.42 Å². The average Bonchev–Trinajstić information content (AvgIpc) is 2.71. The van der Waals surface area contributed by atoms with Gasteiger partial charge in [0, 0.05) is 25.9 Å². The summed E-state index contributed by atoms with van der Waals surface area (Å²) in [4.78, 5) is 6.83. The molecule has 0 bridgehead atoms. The number of sulfone groups is 1. The molecule has 0 atom stereocenters. The summed E-state index contributed by atoms with van der Waals surface area (Å²) in [6.07, 6.45) is 2.38. The third-order valence-electron chi connectivity index (χ3n) is 3.41. The highest BCUT2D eigenvalue weighted by Crippen LogP contribution is 2.28. The lowest BCUT2D eigenvalue weighted by molar-refractivity contribution is 0.157. The van der Waals surface area contributed by atoms with Crippen molar-refractivity contribution in [2.75, 3.05) is 51.4 Å². The molecule has 0 aromatic heterocycles. The maximum Gasteiger partial charge on any atom is 0.194 e. The van der Waals surface area contributed by atoms with Crippen LogP contribution < -0.4 is 5.32 Å². The van der Waals surface area contributed by atoms with Gasteiger partial charge in [0.25, 0.3) is 0 Å². The Balaban J connectivity index is 0.00000441. The molecule has 22 heavy (non-hydrogen) atoms. The molecule has 0 aliphatic carbocycles. The number of hydrogen-bond acceptors (Lipinski definition) is 4. The summed E-state index contributed by atoms with van der Waals surface area (Å²) in [5, 5.41) is 3.30. The van der Waals surface area contributed by atoms with Crippen molar-refractivity contribution in [1.29, 1.82) is 0 Å². The van der Waals surface area contributed by atoms with Gasteiger partial charge in [-0.15, -0.1) is 24.0 Å². The smallest absolute Gasteiger partial charge is 0.194 e. The van der Waals surface area contributed by atoms with E-state index < -0.39 is 9.84 Å². The number of ether oxygens (including phenoxy) is 1. The van der Waals surface area contributed by atoms with Crippen molar-refractivity contribution in [1.82, 2.24) is 10.2 Å². The van der Waals surface area contributed by atoms with Gasteiger partial charge >= 0.3 is 0 Å². The van der Waals surface area contributed by atoms with Gasteiger partial charge in [0.15, 0.2) is 5.96 Å². The van der Waals surface area contributed by atoms with Crippen molar-refractivity contribution >= 4 is 39.8 Å². The maximum atomic E-state index is 11.0. The minimum absolute atomic E-state index is 0. The molecule has 1 aliphatic heterocycles. The van der Waals surface area contributed by atoms with Crippen molar-refractivity contribution in [2.24, 2.45) is 10.4 Å². The Bertz CT molecular complexity index is 452. The summed E-state index contributed by atoms with van der Waals surface area (Å²) in [5.74, 6) is 0.992. The lowest BCUT2D eigenvalue weighted by atomic mass is 9.93. The number of guanidine groups is 1. The van der Waals surface area contributed by atoms with Crippen LogP contribution in [0.25, 0.3) is 0 Å².